The first-order chi connectivity index (χ1) is 15.2. The number of ether oxygens (including phenoxy) is 1. The lowest BCUT2D eigenvalue weighted by atomic mass is 9.88. The molecule has 4 nitrogen and oxygen atoms in total. The molecule has 2 N–H and O–H groups in total. The highest BCUT2D eigenvalue weighted by Crippen LogP contribution is 2.40. The second-order valence-corrected chi connectivity index (χ2v) is 15.4. The summed E-state index contributed by atoms with van der Waals surface area (Å²) in [6.45, 7) is 13.3. The molecule has 0 aliphatic carbocycles. The van der Waals surface area contributed by atoms with Gasteiger partial charge in [0.1, 0.15) is 5.75 Å². The Morgan fingerprint density at radius 1 is 1.03 bits per heavy atom. The third-order valence-electron chi connectivity index (χ3n) is 7.50. The molecule has 32 heavy (non-hydrogen) atoms. The molecule has 0 amide bonds. The number of benzene rings is 2. The molecule has 3 rings (SSSR count). The lowest BCUT2D eigenvalue weighted by Gasteiger charge is -2.45. The fraction of sp³-hybridized carbons (Fsp3) is 0.556. The van der Waals surface area contributed by atoms with E-state index < -0.39 is 8.32 Å². The maximum atomic E-state index is 6.95. The molecule has 1 heterocycles. The van der Waals surface area contributed by atoms with Gasteiger partial charge in [-0.25, -0.2) is 0 Å². The second kappa shape index (κ2) is 10.5. The molecule has 0 saturated carbocycles. The molecular formula is C27H42N2O2Si. The number of piperidine rings is 1. The predicted molar refractivity (Wildman–Crippen MR) is 137 cm³/mol. The molecule has 176 valence electrons. The molecule has 2 aromatic carbocycles. The number of hydrogen-bond donors (Lipinski definition) is 1. The third kappa shape index (κ3) is 5.63. The Bertz CT molecular complexity index is 850. The van der Waals surface area contributed by atoms with Crippen LogP contribution in [-0.4, -0.2) is 39.5 Å². The van der Waals surface area contributed by atoms with Gasteiger partial charge in [-0.3, -0.25) is 4.90 Å². The molecule has 1 aliphatic rings. The SMILES string of the molecule is COc1ccccc1[C@@H](N)[C@@H]1CCCCN1[C@@H](CO[Si](C)(C)C(C)(C)C)c1ccccc1. The Kier molecular flexibility index (Phi) is 8.20. The highest BCUT2D eigenvalue weighted by atomic mass is 28.4. The normalized spacial score (nSPS) is 20.0. The minimum Gasteiger partial charge on any atom is -0.496 e. The Labute approximate surface area is 196 Å². The first kappa shape index (κ1) is 25.0. The highest BCUT2D eigenvalue weighted by molar-refractivity contribution is 6.74. The van der Waals surface area contributed by atoms with Crippen LogP contribution in [0.25, 0.3) is 0 Å². The molecule has 0 spiro atoms. The summed E-state index contributed by atoms with van der Waals surface area (Å²) in [6, 6.07) is 19.3. The fourth-order valence-corrected chi connectivity index (χ4v) is 5.47. The summed E-state index contributed by atoms with van der Waals surface area (Å²) in [7, 11) is -0.144. The fourth-order valence-electron chi connectivity index (χ4n) is 4.46. The lowest BCUT2D eigenvalue weighted by molar-refractivity contribution is 0.0465. The smallest absolute Gasteiger partial charge is 0.192 e. The Morgan fingerprint density at radius 2 is 1.69 bits per heavy atom. The monoisotopic (exact) mass is 454 g/mol. The number of methoxy groups -OCH3 is 1. The Hall–Kier alpha value is -1.66. The van der Waals surface area contributed by atoms with Crippen molar-refractivity contribution >= 4 is 8.32 Å². The first-order valence-corrected chi connectivity index (χ1v) is 14.9. The van der Waals surface area contributed by atoms with E-state index in [1.807, 2.05) is 12.1 Å². The topological polar surface area (TPSA) is 47.7 Å². The van der Waals surface area contributed by atoms with E-state index in [2.05, 4.69) is 81.2 Å². The van der Waals surface area contributed by atoms with Crippen LogP contribution in [0.5, 0.6) is 5.75 Å². The lowest BCUT2D eigenvalue weighted by Crippen LogP contribution is -2.50. The Morgan fingerprint density at radius 3 is 2.34 bits per heavy atom. The van der Waals surface area contributed by atoms with Crippen LogP contribution in [0.3, 0.4) is 0 Å². The molecule has 3 atom stereocenters. The van der Waals surface area contributed by atoms with Crippen LogP contribution < -0.4 is 10.5 Å². The van der Waals surface area contributed by atoms with Crippen molar-refractivity contribution in [3.05, 3.63) is 65.7 Å². The van der Waals surface area contributed by atoms with Crippen LogP contribution in [0.1, 0.15) is 63.2 Å². The van der Waals surface area contributed by atoms with Crippen molar-refractivity contribution in [2.75, 3.05) is 20.3 Å². The van der Waals surface area contributed by atoms with E-state index in [1.165, 1.54) is 18.4 Å². The second-order valence-electron chi connectivity index (χ2n) is 10.6. The number of para-hydroxylation sites is 1. The van der Waals surface area contributed by atoms with E-state index in [-0.39, 0.29) is 23.2 Å². The van der Waals surface area contributed by atoms with E-state index in [0.717, 1.165) is 24.3 Å². The molecule has 1 aliphatic heterocycles. The van der Waals surface area contributed by atoms with Crippen LogP contribution in [0.4, 0.5) is 0 Å². The van der Waals surface area contributed by atoms with Crippen molar-refractivity contribution in [3.8, 4) is 5.75 Å². The summed E-state index contributed by atoms with van der Waals surface area (Å²) in [6.07, 6.45) is 3.48. The highest BCUT2D eigenvalue weighted by Gasteiger charge is 2.40. The van der Waals surface area contributed by atoms with Crippen molar-refractivity contribution < 1.29 is 9.16 Å². The number of nitrogens with two attached hydrogens (primary N) is 1. The summed E-state index contributed by atoms with van der Waals surface area (Å²) in [5, 5.41) is 0.184. The number of hydrogen-bond acceptors (Lipinski definition) is 4. The van der Waals surface area contributed by atoms with Gasteiger partial charge >= 0.3 is 0 Å². The standard InChI is InChI=1S/C27H42N2O2Si/c1-27(2,3)32(5,6)31-20-24(21-14-8-7-9-15-21)29-19-13-12-17-23(29)26(28)22-16-10-11-18-25(22)30-4/h7-11,14-16,18,23-24,26H,12-13,17,19-20,28H2,1-6H3/t23-,24-,26+/m0/s1. The summed E-state index contributed by atoms with van der Waals surface area (Å²) in [5.41, 5.74) is 9.35. The zero-order valence-corrected chi connectivity index (χ0v) is 21.8. The van der Waals surface area contributed by atoms with Gasteiger partial charge in [-0.05, 0) is 49.1 Å². The van der Waals surface area contributed by atoms with E-state index in [1.54, 1.807) is 7.11 Å². The van der Waals surface area contributed by atoms with Gasteiger partial charge in [-0.2, -0.15) is 0 Å². The molecule has 1 saturated heterocycles. The van der Waals surface area contributed by atoms with Gasteiger partial charge in [0.2, 0.25) is 0 Å². The van der Waals surface area contributed by atoms with E-state index in [9.17, 15) is 0 Å². The maximum absolute atomic E-state index is 6.95. The summed E-state index contributed by atoms with van der Waals surface area (Å²) in [4.78, 5) is 2.61. The minimum atomic E-state index is -1.87. The van der Waals surface area contributed by atoms with Gasteiger partial charge in [0.15, 0.2) is 8.32 Å². The van der Waals surface area contributed by atoms with Crippen LogP contribution in [0.2, 0.25) is 18.1 Å². The average Bonchev–Trinajstić information content (AvgIpc) is 2.79. The molecule has 5 heteroatoms. The van der Waals surface area contributed by atoms with Gasteiger partial charge in [-0.15, -0.1) is 0 Å². The molecule has 0 bridgehead atoms. The summed E-state index contributed by atoms with van der Waals surface area (Å²) in [5.74, 6) is 0.874. The molecule has 0 aromatic heterocycles. The van der Waals surface area contributed by atoms with Gasteiger partial charge < -0.3 is 14.9 Å². The van der Waals surface area contributed by atoms with Gasteiger partial charge in [0.25, 0.3) is 0 Å². The van der Waals surface area contributed by atoms with Crippen LogP contribution in [0, 0.1) is 0 Å². The van der Waals surface area contributed by atoms with Crippen molar-refractivity contribution in [1.29, 1.82) is 0 Å². The van der Waals surface area contributed by atoms with Crippen molar-refractivity contribution in [2.24, 2.45) is 5.73 Å². The van der Waals surface area contributed by atoms with Crippen molar-refractivity contribution in [3.63, 3.8) is 0 Å². The van der Waals surface area contributed by atoms with Gasteiger partial charge in [-0.1, -0.05) is 75.7 Å². The van der Waals surface area contributed by atoms with Gasteiger partial charge in [0, 0.05) is 17.6 Å². The molecule has 0 unspecified atom stereocenters. The predicted octanol–water partition coefficient (Wildman–Crippen LogP) is 6.31. The van der Waals surface area contributed by atoms with Crippen LogP contribution in [-0.2, 0) is 4.43 Å². The van der Waals surface area contributed by atoms with Crippen LogP contribution >= 0.6 is 0 Å². The summed E-state index contributed by atoms with van der Waals surface area (Å²) >= 11 is 0. The molecule has 1 fully saturated rings. The molecule has 0 radical (unpaired) electrons. The number of rotatable bonds is 8. The maximum Gasteiger partial charge on any atom is 0.192 e. The minimum absolute atomic E-state index is 0.106. The first-order valence-electron chi connectivity index (χ1n) is 12.0. The molecule has 2 aromatic rings. The molecular weight excluding hydrogens is 412 g/mol. The van der Waals surface area contributed by atoms with Gasteiger partial charge in [0.05, 0.1) is 19.8 Å². The quantitative estimate of drug-likeness (QED) is 0.475. The Balaban J connectivity index is 1.92. The van der Waals surface area contributed by atoms with Crippen molar-refractivity contribution in [2.45, 2.75) is 76.3 Å². The van der Waals surface area contributed by atoms with Crippen molar-refractivity contribution in [1.82, 2.24) is 4.90 Å². The third-order valence-corrected chi connectivity index (χ3v) is 12.0. The van der Waals surface area contributed by atoms with Crippen LogP contribution in [0.15, 0.2) is 54.6 Å². The van der Waals surface area contributed by atoms with E-state index in [4.69, 9.17) is 14.9 Å². The largest absolute Gasteiger partial charge is 0.496 e. The zero-order chi connectivity index (χ0) is 23.4. The zero-order valence-electron chi connectivity index (χ0n) is 20.8. The summed E-state index contributed by atoms with van der Waals surface area (Å²) < 4.78 is 12.4. The number of likely N-dealkylation sites (tertiary alicyclic amines) is 1. The van der Waals surface area contributed by atoms with E-state index >= 15 is 0 Å². The number of nitrogens with zero attached hydrogens (tertiary/aromatic N) is 1. The van der Waals surface area contributed by atoms with E-state index in [0.29, 0.717) is 6.61 Å². The average molecular weight is 455 g/mol.